The third-order valence-electron chi connectivity index (χ3n) is 7.10. The van der Waals surface area contributed by atoms with Crippen molar-refractivity contribution >= 4 is 38.2 Å². The third kappa shape index (κ3) is 5.41. The standard InChI is InChI=1S/C26H27F3N4O3S/c1-33(25(34)18-10-13-37(35,36)14-11-18)24(26(27,28)29)17-6-8-19(9-7-17)32-21-15-31-20-3-2-12-30-23(20)22(21)16-4-5-16/h2-3,6-9,12,15-16,18,24,32H,4-5,10-11,13-14H2,1H3/t24-/m0/s1. The van der Waals surface area contributed by atoms with Gasteiger partial charge in [0.25, 0.3) is 0 Å². The van der Waals surface area contributed by atoms with E-state index in [1.807, 2.05) is 12.1 Å². The number of sulfone groups is 1. The molecule has 3 heterocycles. The molecule has 1 amide bonds. The maximum absolute atomic E-state index is 14.1. The molecule has 1 aliphatic heterocycles. The van der Waals surface area contributed by atoms with Gasteiger partial charge in [-0.25, -0.2) is 8.42 Å². The number of nitrogens with zero attached hydrogens (tertiary/aromatic N) is 3. The SMILES string of the molecule is CN(C(=O)C1CCS(=O)(=O)CC1)[C@@H](c1ccc(Nc2cnc3cccnc3c2C2CC2)cc1)C(F)(F)F. The fourth-order valence-corrected chi connectivity index (χ4v) is 6.50. The molecule has 1 N–H and O–H groups in total. The lowest BCUT2D eigenvalue weighted by atomic mass is 9.98. The van der Waals surface area contributed by atoms with Crippen LogP contribution in [0.4, 0.5) is 24.5 Å². The highest BCUT2D eigenvalue weighted by atomic mass is 32.2. The van der Waals surface area contributed by atoms with Crippen molar-refractivity contribution in [2.24, 2.45) is 5.92 Å². The van der Waals surface area contributed by atoms with E-state index in [0.29, 0.717) is 16.5 Å². The fourth-order valence-electron chi connectivity index (χ4n) is 5.01. The molecule has 37 heavy (non-hydrogen) atoms. The Morgan fingerprint density at radius 3 is 2.35 bits per heavy atom. The average molecular weight is 533 g/mol. The van der Waals surface area contributed by atoms with Gasteiger partial charge in [0, 0.05) is 30.4 Å². The predicted octanol–water partition coefficient (Wildman–Crippen LogP) is 5.14. The molecular weight excluding hydrogens is 505 g/mol. The number of pyridine rings is 2. The molecule has 0 spiro atoms. The Bertz CT molecular complexity index is 1410. The Hall–Kier alpha value is -3.21. The van der Waals surface area contributed by atoms with Crippen LogP contribution >= 0.6 is 0 Å². The lowest BCUT2D eigenvalue weighted by Gasteiger charge is -2.34. The molecule has 0 unspecified atom stereocenters. The summed E-state index contributed by atoms with van der Waals surface area (Å²) >= 11 is 0. The number of carbonyl (C=O) groups excluding carboxylic acids is 1. The summed E-state index contributed by atoms with van der Waals surface area (Å²) in [6, 6.07) is 7.41. The summed E-state index contributed by atoms with van der Waals surface area (Å²) < 4.78 is 65.7. The average Bonchev–Trinajstić information content (AvgIpc) is 3.69. The van der Waals surface area contributed by atoms with Crippen molar-refractivity contribution in [3.63, 3.8) is 0 Å². The van der Waals surface area contributed by atoms with E-state index in [4.69, 9.17) is 0 Å². The highest BCUT2D eigenvalue weighted by molar-refractivity contribution is 7.91. The van der Waals surface area contributed by atoms with E-state index in [1.54, 1.807) is 24.5 Å². The van der Waals surface area contributed by atoms with Crippen molar-refractivity contribution in [3.8, 4) is 0 Å². The van der Waals surface area contributed by atoms with Gasteiger partial charge in [0.05, 0.1) is 34.4 Å². The number of carbonyl (C=O) groups is 1. The topological polar surface area (TPSA) is 92.3 Å². The van der Waals surface area contributed by atoms with Gasteiger partial charge in [-0.1, -0.05) is 12.1 Å². The molecule has 1 saturated heterocycles. The minimum absolute atomic E-state index is 0.0386. The predicted molar refractivity (Wildman–Crippen MR) is 134 cm³/mol. The van der Waals surface area contributed by atoms with E-state index >= 15 is 0 Å². The molecule has 3 aromatic rings. The number of nitrogens with one attached hydrogen (secondary N) is 1. The summed E-state index contributed by atoms with van der Waals surface area (Å²) in [6.45, 7) is 0. The van der Waals surface area contributed by atoms with Gasteiger partial charge in [-0.2, -0.15) is 13.2 Å². The van der Waals surface area contributed by atoms with E-state index in [0.717, 1.165) is 42.2 Å². The van der Waals surface area contributed by atoms with Crippen LogP contribution < -0.4 is 5.32 Å². The molecule has 196 valence electrons. The van der Waals surface area contributed by atoms with Crippen molar-refractivity contribution in [2.75, 3.05) is 23.9 Å². The van der Waals surface area contributed by atoms with Crippen LogP contribution in [-0.4, -0.2) is 53.9 Å². The number of anilines is 2. The zero-order chi connectivity index (χ0) is 26.4. The van der Waals surface area contributed by atoms with Gasteiger partial charge in [0.2, 0.25) is 5.91 Å². The van der Waals surface area contributed by atoms with Gasteiger partial charge in [-0.15, -0.1) is 0 Å². The zero-order valence-corrected chi connectivity index (χ0v) is 21.0. The Balaban J connectivity index is 1.37. The number of benzene rings is 1. The van der Waals surface area contributed by atoms with Crippen molar-refractivity contribution in [3.05, 3.63) is 59.9 Å². The van der Waals surface area contributed by atoms with Gasteiger partial charge in [0.15, 0.2) is 6.04 Å². The highest BCUT2D eigenvalue weighted by Gasteiger charge is 2.46. The van der Waals surface area contributed by atoms with Crippen LogP contribution in [0.1, 0.15) is 48.8 Å². The van der Waals surface area contributed by atoms with E-state index in [-0.39, 0.29) is 29.9 Å². The first-order valence-corrected chi connectivity index (χ1v) is 14.0. The van der Waals surface area contributed by atoms with Crippen LogP contribution in [0.25, 0.3) is 11.0 Å². The molecule has 11 heteroatoms. The summed E-state index contributed by atoms with van der Waals surface area (Å²) in [5.74, 6) is -1.43. The van der Waals surface area contributed by atoms with Crippen LogP contribution in [0.5, 0.6) is 0 Å². The lowest BCUT2D eigenvalue weighted by Crippen LogP contribution is -2.44. The third-order valence-corrected chi connectivity index (χ3v) is 8.82. The normalized spacial score (nSPS) is 18.9. The monoisotopic (exact) mass is 532 g/mol. The first-order valence-electron chi connectivity index (χ1n) is 12.2. The van der Waals surface area contributed by atoms with Crippen LogP contribution in [0.3, 0.4) is 0 Å². The highest BCUT2D eigenvalue weighted by Crippen LogP contribution is 2.46. The summed E-state index contributed by atoms with van der Waals surface area (Å²) in [7, 11) is -2.10. The van der Waals surface area contributed by atoms with Crippen LogP contribution in [0, 0.1) is 5.92 Å². The Labute approximate surface area is 213 Å². The number of amides is 1. The number of fused-ring (bicyclic) bond motifs is 1. The molecule has 1 atom stereocenters. The fraction of sp³-hybridized carbons (Fsp3) is 0.423. The van der Waals surface area contributed by atoms with E-state index in [9.17, 15) is 26.4 Å². The number of hydrogen-bond donors (Lipinski definition) is 1. The molecule has 2 aromatic heterocycles. The molecule has 1 aliphatic carbocycles. The van der Waals surface area contributed by atoms with Crippen LogP contribution in [0.15, 0.2) is 48.8 Å². The number of hydrogen-bond acceptors (Lipinski definition) is 6. The molecule has 0 radical (unpaired) electrons. The van der Waals surface area contributed by atoms with Crippen LogP contribution in [0.2, 0.25) is 0 Å². The lowest BCUT2D eigenvalue weighted by molar-refractivity contribution is -0.190. The zero-order valence-electron chi connectivity index (χ0n) is 20.2. The maximum Gasteiger partial charge on any atom is 0.413 e. The number of aromatic nitrogens is 2. The van der Waals surface area contributed by atoms with Crippen molar-refractivity contribution in [2.45, 2.75) is 43.8 Å². The Morgan fingerprint density at radius 1 is 1.05 bits per heavy atom. The molecule has 1 saturated carbocycles. The molecule has 0 bridgehead atoms. The van der Waals surface area contributed by atoms with Gasteiger partial charge in [-0.3, -0.25) is 14.8 Å². The molecular formula is C26H27F3N4O3S. The number of alkyl halides is 3. The van der Waals surface area contributed by atoms with E-state index < -0.39 is 33.9 Å². The molecule has 2 aliphatic rings. The molecule has 5 rings (SSSR count). The van der Waals surface area contributed by atoms with Gasteiger partial charge >= 0.3 is 6.18 Å². The smallest absolute Gasteiger partial charge is 0.354 e. The summed E-state index contributed by atoms with van der Waals surface area (Å²) in [4.78, 5) is 22.6. The largest absolute Gasteiger partial charge is 0.413 e. The van der Waals surface area contributed by atoms with Crippen molar-refractivity contribution < 1.29 is 26.4 Å². The van der Waals surface area contributed by atoms with Crippen molar-refractivity contribution in [1.29, 1.82) is 0 Å². The molecule has 2 fully saturated rings. The van der Waals surface area contributed by atoms with E-state index in [1.165, 1.54) is 12.1 Å². The van der Waals surface area contributed by atoms with Crippen molar-refractivity contribution in [1.82, 2.24) is 14.9 Å². The Kier molecular flexibility index (Phi) is 6.59. The van der Waals surface area contributed by atoms with Gasteiger partial charge in [0.1, 0.15) is 9.84 Å². The van der Waals surface area contributed by atoms with Gasteiger partial charge < -0.3 is 10.2 Å². The maximum atomic E-state index is 14.1. The second-order valence-corrected chi connectivity index (χ2v) is 12.1. The Morgan fingerprint density at radius 2 is 1.73 bits per heavy atom. The second-order valence-electron chi connectivity index (χ2n) is 9.80. The summed E-state index contributed by atoms with van der Waals surface area (Å²) in [5, 5.41) is 3.28. The first-order chi connectivity index (χ1) is 17.5. The minimum Gasteiger partial charge on any atom is -0.354 e. The molecule has 1 aromatic carbocycles. The number of rotatable bonds is 6. The van der Waals surface area contributed by atoms with Crippen LogP contribution in [-0.2, 0) is 14.6 Å². The van der Waals surface area contributed by atoms with E-state index in [2.05, 4.69) is 15.3 Å². The first kappa shape index (κ1) is 25.4. The summed E-state index contributed by atoms with van der Waals surface area (Å²) in [5.41, 5.74) is 3.96. The van der Waals surface area contributed by atoms with Gasteiger partial charge in [-0.05, 0) is 61.4 Å². The minimum atomic E-state index is -4.70. The quantitative estimate of drug-likeness (QED) is 0.473. The summed E-state index contributed by atoms with van der Waals surface area (Å²) in [6.07, 6.45) is 0.908. The number of halogens is 3. The second kappa shape index (κ2) is 9.59. The molecule has 7 nitrogen and oxygen atoms in total.